The maximum atomic E-state index is 12.4. The minimum absolute atomic E-state index is 0.0155. The zero-order valence-corrected chi connectivity index (χ0v) is 10.5. The molecule has 2 aromatic rings. The zero-order valence-electron chi connectivity index (χ0n) is 10.5. The highest BCUT2D eigenvalue weighted by molar-refractivity contribution is 5.98. The van der Waals surface area contributed by atoms with Gasteiger partial charge in [-0.3, -0.25) is 4.79 Å². The van der Waals surface area contributed by atoms with Crippen LogP contribution in [0, 0.1) is 0 Å². The van der Waals surface area contributed by atoms with E-state index in [-0.39, 0.29) is 18.6 Å². The van der Waals surface area contributed by atoms with Crippen LogP contribution in [-0.2, 0) is 4.74 Å². The van der Waals surface area contributed by atoms with Gasteiger partial charge in [0.1, 0.15) is 0 Å². The molecule has 0 spiro atoms. The summed E-state index contributed by atoms with van der Waals surface area (Å²) in [5, 5.41) is 10.2. The third-order valence-electron chi connectivity index (χ3n) is 3.43. The number of fused-ring (bicyclic) bond motifs is 1. The number of aromatic nitrogens is 1. The van der Waals surface area contributed by atoms with E-state index in [0.29, 0.717) is 25.3 Å². The van der Waals surface area contributed by atoms with Gasteiger partial charge in [-0.2, -0.15) is 0 Å². The lowest BCUT2D eigenvalue weighted by Crippen LogP contribution is -2.46. The molecule has 0 aliphatic carbocycles. The third kappa shape index (κ3) is 2.34. The lowest BCUT2D eigenvalue weighted by atomic mass is 10.1. The van der Waals surface area contributed by atoms with E-state index in [4.69, 9.17) is 9.84 Å². The average molecular weight is 260 g/mol. The van der Waals surface area contributed by atoms with Crippen molar-refractivity contribution in [2.24, 2.45) is 0 Å². The second kappa shape index (κ2) is 5.03. The molecule has 1 atom stereocenters. The van der Waals surface area contributed by atoms with Crippen LogP contribution >= 0.6 is 0 Å². The molecule has 1 amide bonds. The van der Waals surface area contributed by atoms with E-state index in [1.165, 1.54) is 0 Å². The fraction of sp³-hybridized carbons (Fsp3) is 0.357. The maximum absolute atomic E-state index is 12.4. The van der Waals surface area contributed by atoms with Crippen LogP contribution in [0.1, 0.15) is 10.4 Å². The van der Waals surface area contributed by atoms with Gasteiger partial charge in [-0.25, -0.2) is 0 Å². The minimum Gasteiger partial charge on any atom is -0.394 e. The number of rotatable bonds is 2. The Morgan fingerprint density at radius 2 is 2.37 bits per heavy atom. The number of aliphatic hydroxyl groups excluding tert-OH is 1. The number of nitrogens with zero attached hydrogens (tertiary/aromatic N) is 1. The second-order valence-electron chi connectivity index (χ2n) is 4.71. The molecule has 0 bridgehead atoms. The van der Waals surface area contributed by atoms with Crippen molar-refractivity contribution < 1.29 is 14.6 Å². The Labute approximate surface area is 110 Å². The number of ether oxygens (including phenoxy) is 1. The van der Waals surface area contributed by atoms with Gasteiger partial charge >= 0.3 is 0 Å². The molecule has 2 N–H and O–H groups in total. The quantitative estimate of drug-likeness (QED) is 0.846. The molecule has 3 rings (SSSR count). The number of carbonyl (C=O) groups excluding carboxylic acids is 1. The molecule has 1 aliphatic heterocycles. The van der Waals surface area contributed by atoms with Crippen molar-refractivity contribution >= 4 is 16.8 Å². The van der Waals surface area contributed by atoms with Crippen LogP contribution in [0.2, 0.25) is 0 Å². The lowest BCUT2D eigenvalue weighted by molar-refractivity contribution is -0.0447. The van der Waals surface area contributed by atoms with Crippen molar-refractivity contribution in [3.63, 3.8) is 0 Å². The predicted molar refractivity (Wildman–Crippen MR) is 71.0 cm³/mol. The average Bonchev–Trinajstić information content (AvgIpc) is 2.94. The summed E-state index contributed by atoms with van der Waals surface area (Å²) in [4.78, 5) is 17.2. The first-order valence-electron chi connectivity index (χ1n) is 6.37. The van der Waals surface area contributed by atoms with Crippen LogP contribution in [0.25, 0.3) is 10.9 Å². The zero-order chi connectivity index (χ0) is 13.2. The highest BCUT2D eigenvalue weighted by Gasteiger charge is 2.24. The van der Waals surface area contributed by atoms with Crippen molar-refractivity contribution in [1.29, 1.82) is 0 Å². The van der Waals surface area contributed by atoms with Gasteiger partial charge < -0.3 is 19.7 Å². The summed E-state index contributed by atoms with van der Waals surface area (Å²) in [5.41, 5.74) is 1.62. The first-order chi connectivity index (χ1) is 9.28. The molecule has 1 aromatic heterocycles. The number of hydrogen-bond acceptors (Lipinski definition) is 3. The number of hydrogen-bond donors (Lipinski definition) is 2. The molecule has 1 aromatic carbocycles. The van der Waals surface area contributed by atoms with Crippen molar-refractivity contribution in [1.82, 2.24) is 9.88 Å². The van der Waals surface area contributed by atoms with Crippen LogP contribution in [-0.4, -0.2) is 53.3 Å². The van der Waals surface area contributed by atoms with Crippen LogP contribution in [0.4, 0.5) is 0 Å². The molecule has 1 saturated heterocycles. The number of morpholine rings is 1. The van der Waals surface area contributed by atoms with E-state index in [9.17, 15) is 4.79 Å². The van der Waals surface area contributed by atoms with Gasteiger partial charge in [0.25, 0.3) is 5.91 Å². The van der Waals surface area contributed by atoms with E-state index in [0.717, 1.165) is 10.9 Å². The Morgan fingerprint density at radius 3 is 3.21 bits per heavy atom. The third-order valence-corrected chi connectivity index (χ3v) is 3.43. The number of aliphatic hydroxyl groups is 1. The molecule has 100 valence electrons. The van der Waals surface area contributed by atoms with Crippen LogP contribution in [0.5, 0.6) is 0 Å². The summed E-state index contributed by atoms with van der Waals surface area (Å²) in [6, 6.07) is 7.60. The number of H-pyrrole nitrogens is 1. The second-order valence-corrected chi connectivity index (χ2v) is 4.71. The molecule has 2 heterocycles. The highest BCUT2D eigenvalue weighted by Crippen LogP contribution is 2.17. The molecule has 1 unspecified atom stereocenters. The Bertz CT molecular complexity index is 593. The topological polar surface area (TPSA) is 65.6 Å². The first kappa shape index (κ1) is 12.2. The number of benzene rings is 1. The van der Waals surface area contributed by atoms with Gasteiger partial charge in [0.05, 0.1) is 19.3 Å². The van der Waals surface area contributed by atoms with Gasteiger partial charge in [0.15, 0.2) is 0 Å². The van der Waals surface area contributed by atoms with E-state index in [2.05, 4.69) is 4.98 Å². The monoisotopic (exact) mass is 260 g/mol. The summed E-state index contributed by atoms with van der Waals surface area (Å²) in [7, 11) is 0. The minimum atomic E-state index is -0.271. The predicted octanol–water partition coefficient (Wildman–Crippen LogP) is 1.00. The summed E-state index contributed by atoms with van der Waals surface area (Å²) in [6.07, 6.45) is 1.59. The highest BCUT2D eigenvalue weighted by atomic mass is 16.5. The molecule has 1 aliphatic rings. The molecule has 5 nitrogen and oxygen atoms in total. The molecule has 0 saturated carbocycles. The Balaban J connectivity index is 1.82. The summed E-state index contributed by atoms with van der Waals surface area (Å²) < 4.78 is 5.35. The summed E-state index contributed by atoms with van der Waals surface area (Å²) in [6.45, 7) is 1.43. The van der Waals surface area contributed by atoms with Crippen molar-refractivity contribution in [3.8, 4) is 0 Å². The van der Waals surface area contributed by atoms with Gasteiger partial charge in [-0.15, -0.1) is 0 Å². The van der Waals surface area contributed by atoms with Crippen molar-refractivity contribution in [2.75, 3.05) is 26.3 Å². The standard InChI is InChI=1S/C14H16N2O3/c17-9-12-8-16(5-6-19-12)14(18)11-2-1-10-3-4-15-13(10)7-11/h1-4,7,12,15,17H,5-6,8-9H2. The van der Waals surface area contributed by atoms with Crippen molar-refractivity contribution in [3.05, 3.63) is 36.0 Å². The Morgan fingerprint density at radius 1 is 1.47 bits per heavy atom. The Hall–Kier alpha value is -1.85. The molecule has 19 heavy (non-hydrogen) atoms. The molecule has 0 radical (unpaired) electrons. The summed E-state index contributed by atoms with van der Waals surface area (Å²) >= 11 is 0. The smallest absolute Gasteiger partial charge is 0.254 e. The number of aromatic amines is 1. The van der Waals surface area contributed by atoms with Gasteiger partial charge in [-0.05, 0) is 23.6 Å². The van der Waals surface area contributed by atoms with Crippen LogP contribution < -0.4 is 0 Å². The number of amides is 1. The van der Waals surface area contributed by atoms with Gasteiger partial charge in [-0.1, -0.05) is 6.07 Å². The van der Waals surface area contributed by atoms with E-state index >= 15 is 0 Å². The van der Waals surface area contributed by atoms with E-state index < -0.39 is 0 Å². The van der Waals surface area contributed by atoms with Gasteiger partial charge in [0.2, 0.25) is 0 Å². The number of nitrogens with one attached hydrogen (secondary N) is 1. The molecule has 5 heteroatoms. The number of carbonyl (C=O) groups is 1. The normalized spacial score (nSPS) is 19.8. The van der Waals surface area contributed by atoms with Crippen LogP contribution in [0.15, 0.2) is 30.5 Å². The fourth-order valence-corrected chi connectivity index (χ4v) is 2.38. The largest absolute Gasteiger partial charge is 0.394 e. The molecular weight excluding hydrogens is 244 g/mol. The molecule has 1 fully saturated rings. The lowest BCUT2D eigenvalue weighted by Gasteiger charge is -2.32. The van der Waals surface area contributed by atoms with Gasteiger partial charge in [0, 0.05) is 30.4 Å². The molecular formula is C14H16N2O3. The summed E-state index contributed by atoms with van der Waals surface area (Å²) in [5.74, 6) is -0.0155. The van der Waals surface area contributed by atoms with Crippen molar-refractivity contribution in [2.45, 2.75) is 6.10 Å². The maximum Gasteiger partial charge on any atom is 0.254 e. The van der Waals surface area contributed by atoms with E-state index in [1.807, 2.05) is 30.5 Å². The fourth-order valence-electron chi connectivity index (χ4n) is 2.38. The first-order valence-corrected chi connectivity index (χ1v) is 6.37. The van der Waals surface area contributed by atoms with Crippen LogP contribution in [0.3, 0.4) is 0 Å². The van der Waals surface area contributed by atoms with E-state index in [1.54, 1.807) is 4.90 Å². The Kier molecular flexibility index (Phi) is 3.23. The SMILES string of the molecule is O=C(c1ccc2cc[nH]c2c1)N1CCOC(CO)C1.